The third kappa shape index (κ3) is 5.01. The van der Waals surface area contributed by atoms with Crippen LogP contribution in [0.3, 0.4) is 0 Å². The van der Waals surface area contributed by atoms with Gasteiger partial charge < -0.3 is 19.5 Å². The maximum absolute atomic E-state index is 13.0. The maximum Gasteiger partial charge on any atom is 0.328 e. The number of hydrogen-bond donors (Lipinski definition) is 1. The van der Waals surface area contributed by atoms with Gasteiger partial charge in [0.25, 0.3) is 5.91 Å². The van der Waals surface area contributed by atoms with Gasteiger partial charge in [0.15, 0.2) is 5.92 Å². The number of carbonyl (C=O) groups is 4. The van der Waals surface area contributed by atoms with Gasteiger partial charge in [-0.25, -0.2) is 9.18 Å². The van der Waals surface area contributed by atoms with Crippen LogP contribution in [0.1, 0.15) is 17.3 Å². The topological polar surface area (TPSA) is 108 Å². The van der Waals surface area contributed by atoms with Crippen LogP contribution in [0.25, 0.3) is 0 Å². The van der Waals surface area contributed by atoms with E-state index >= 15 is 0 Å². The zero-order valence-corrected chi connectivity index (χ0v) is 14.8. The van der Waals surface area contributed by atoms with Gasteiger partial charge in [0, 0.05) is 11.5 Å². The number of carbonyl (C=O) groups excluding carboxylic acids is 4. The highest BCUT2D eigenvalue weighted by Crippen LogP contribution is 2.21. The Hall–Kier alpha value is -2.97. The van der Waals surface area contributed by atoms with Gasteiger partial charge in [-0.2, -0.15) is 0 Å². The lowest BCUT2D eigenvalue weighted by Crippen LogP contribution is -2.51. The SMILES string of the molecule is COC(=O)C(C(=O)OC)[C@@H](C)[C@@H](NC(=O)c1ccc(F)cc1)C(=O)OC. The molecule has 0 spiro atoms. The van der Waals surface area contributed by atoms with Crippen molar-refractivity contribution >= 4 is 23.8 Å². The maximum atomic E-state index is 13.0. The van der Waals surface area contributed by atoms with Crippen molar-refractivity contribution in [2.24, 2.45) is 11.8 Å². The number of esters is 3. The van der Waals surface area contributed by atoms with Gasteiger partial charge in [-0.15, -0.1) is 0 Å². The van der Waals surface area contributed by atoms with Gasteiger partial charge in [-0.1, -0.05) is 6.92 Å². The minimum absolute atomic E-state index is 0.0835. The molecule has 0 aliphatic carbocycles. The summed E-state index contributed by atoms with van der Waals surface area (Å²) in [5.74, 6) is -6.44. The fourth-order valence-corrected chi connectivity index (χ4v) is 2.33. The Morgan fingerprint density at radius 2 is 1.35 bits per heavy atom. The summed E-state index contributed by atoms with van der Waals surface area (Å²) in [4.78, 5) is 48.3. The largest absolute Gasteiger partial charge is 0.468 e. The standard InChI is InChI=1S/C17H20FNO7/c1-9(12(15(21)24-2)16(22)25-3)13(17(23)26-4)19-14(20)10-5-7-11(18)8-6-10/h5-9,12-13H,1-4H3,(H,19,20)/t9-,13-/m1/s1. The molecule has 9 heteroatoms. The van der Waals surface area contributed by atoms with Crippen molar-refractivity contribution < 1.29 is 37.8 Å². The van der Waals surface area contributed by atoms with Crippen LogP contribution in [0.15, 0.2) is 24.3 Å². The highest BCUT2D eigenvalue weighted by Gasteiger charge is 2.42. The Bertz CT molecular complexity index is 658. The summed E-state index contributed by atoms with van der Waals surface area (Å²) in [6, 6.07) is 3.26. The Kier molecular flexibility index (Phi) is 7.70. The summed E-state index contributed by atoms with van der Waals surface area (Å²) in [6.45, 7) is 1.39. The van der Waals surface area contributed by atoms with Crippen LogP contribution < -0.4 is 5.32 Å². The van der Waals surface area contributed by atoms with Crippen molar-refractivity contribution in [3.8, 4) is 0 Å². The molecule has 26 heavy (non-hydrogen) atoms. The molecule has 1 N–H and O–H groups in total. The van der Waals surface area contributed by atoms with E-state index in [0.717, 1.165) is 33.5 Å². The molecule has 1 rings (SSSR count). The van der Waals surface area contributed by atoms with E-state index in [2.05, 4.69) is 19.5 Å². The number of halogens is 1. The van der Waals surface area contributed by atoms with Crippen molar-refractivity contribution in [1.82, 2.24) is 5.32 Å². The zero-order valence-electron chi connectivity index (χ0n) is 14.8. The Balaban J connectivity index is 3.12. The molecular formula is C17H20FNO7. The smallest absolute Gasteiger partial charge is 0.328 e. The first kappa shape index (κ1) is 21.1. The quantitative estimate of drug-likeness (QED) is 0.428. The van der Waals surface area contributed by atoms with Crippen LogP contribution in [0.4, 0.5) is 4.39 Å². The lowest BCUT2D eigenvalue weighted by atomic mass is 9.87. The van der Waals surface area contributed by atoms with Crippen molar-refractivity contribution in [1.29, 1.82) is 0 Å². The second-order valence-electron chi connectivity index (χ2n) is 5.36. The predicted molar refractivity (Wildman–Crippen MR) is 86.4 cm³/mol. The minimum atomic E-state index is -1.46. The van der Waals surface area contributed by atoms with E-state index in [1.807, 2.05) is 0 Å². The van der Waals surface area contributed by atoms with E-state index in [0.29, 0.717) is 0 Å². The summed E-state index contributed by atoms with van der Waals surface area (Å²) in [7, 11) is 3.25. The third-order valence-electron chi connectivity index (χ3n) is 3.81. The molecule has 0 heterocycles. The van der Waals surface area contributed by atoms with E-state index in [9.17, 15) is 23.6 Å². The van der Waals surface area contributed by atoms with Crippen LogP contribution in [0.2, 0.25) is 0 Å². The molecular weight excluding hydrogens is 349 g/mol. The van der Waals surface area contributed by atoms with Crippen molar-refractivity contribution in [2.75, 3.05) is 21.3 Å². The number of ether oxygens (including phenoxy) is 3. The molecule has 1 aromatic carbocycles. The van der Waals surface area contributed by atoms with Crippen LogP contribution in [0.5, 0.6) is 0 Å². The van der Waals surface area contributed by atoms with E-state index in [4.69, 9.17) is 0 Å². The molecule has 0 radical (unpaired) electrons. The second kappa shape index (κ2) is 9.50. The normalized spacial score (nSPS) is 12.7. The molecule has 1 amide bonds. The molecule has 1 aromatic rings. The molecule has 2 atom stereocenters. The van der Waals surface area contributed by atoms with Gasteiger partial charge in [0.05, 0.1) is 21.3 Å². The van der Waals surface area contributed by atoms with Crippen molar-refractivity contribution in [2.45, 2.75) is 13.0 Å². The summed E-state index contributed by atoms with van der Waals surface area (Å²) in [6.07, 6.45) is 0. The molecule has 142 valence electrons. The van der Waals surface area contributed by atoms with Gasteiger partial charge >= 0.3 is 17.9 Å². The Morgan fingerprint density at radius 1 is 0.885 bits per heavy atom. The first-order chi connectivity index (χ1) is 12.3. The molecule has 0 saturated heterocycles. The first-order valence-electron chi connectivity index (χ1n) is 7.56. The van der Waals surface area contributed by atoms with Gasteiger partial charge in [-0.05, 0) is 24.3 Å². The van der Waals surface area contributed by atoms with Gasteiger partial charge in [-0.3, -0.25) is 14.4 Å². The van der Waals surface area contributed by atoms with Crippen molar-refractivity contribution in [3.63, 3.8) is 0 Å². The molecule has 0 saturated carbocycles. The average molecular weight is 369 g/mol. The summed E-state index contributed by atoms with van der Waals surface area (Å²) >= 11 is 0. The fourth-order valence-electron chi connectivity index (χ4n) is 2.33. The van der Waals surface area contributed by atoms with Crippen LogP contribution in [0, 0.1) is 17.7 Å². The molecule has 0 unspecified atom stereocenters. The molecule has 0 aliphatic heterocycles. The summed E-state index contributed by atoms with van der Waals surface area (Å²) < 4.78 is 26.8. The monoisotopic (exact) mass is 369 g/mol. The minimum Gasteiger partial charge on any atom is -0.468 e. The first-order valence-corrected chi connectivity index (χ1v) is 7.56. The van der Waals surface area contributed by atoms with E-state index in [1.54, 1.807) is 0 Å². The number of benzene rings is 1. The Labute approximate surface area is 149 Å². The molecule has 8 nitrogen and oxygen atoms in total. The summed E-state index contributed by atoms with van der Waals surface area (Å²) in [5, 5.41) is 2.39. The highest BCUT2D eigenvalue weighted by atomic mass is 19.1. The van der Waals surface area contributed by atoms with Crippen LogP contribution in [-0.2, 0) is 28.6 Å². The zero-order chi connectivity index (χ0) is 19.9. The second-order valence-corrected chi connectivity index (χ2v) is 5.36. The number of amides is 1. The Morgan fingerprint density at radius 3 is 1.77 bits per heavy atom. The number of hydrogen-bond acceptors (Lipinski definition) is 7. The fraction of sp³-hybridized carbons (Fsp3) is 0.412. The average Bonchev–Trinajstić information content (AvgIpc) is 2.65. The number of methoxy groups -OCH3 is 3. The summed E-state index contributed by atoms with van der Waals surface area (Å²) in [5.41, 5.74) is 0.0835. The van der Waals surface area contributed by atoms with E-state index in [-0.39, 0.29) is 5.56 Å². The van der Waals surface area contributed by atoms with Crippen molar-refractivity contribution in [3.05, 3.63) is 35.6 Å². The van der Waals surface area contributed by atoms with Gasteiger partial charge in [0.1, 0.15) is 11.9 Å². The van der Waals surface area contributed by atoms with Crippen LogP contribution >= 0.6 is 0 Å². The van der Waals surface area contributed by atoms with E-state index in [1.165, 1.54) is 19.1 Å². The lowest BCUT2D eigenvalue weighted by Gasteiger charge is -2.27. The van der Waals surface area contributed by atoms with Gasteiger partial charge in [0.2, 0.25) is 0 Å². The number of nitrogens with one attached hydrogen (secondary N) is 1. The van der Waals surface area contributed by atoms with E-state index < -0.39 is 47.5 Å². The van der Waals surface area contributed by atoms with Crippen LogP contribution in [-0.4, -0.2) is 51.2 Å². The molecule has 0 aliphatic rings. The lowest BCUT2D eigenvalue weighted by molar-refractivity contribution is -0.162. The predicted octanol–water partition coefficient (Wildman–Crippen LogP) is 0.695. The molecule has 0 aromatic heterocycles. The molecule has 0 fully saturated rings. The highest BCUT2D eigenvalue weighted by molar-refractivity contribution is 5.99. The molecule has 0 bridgehead atoms. The third-order valence-corrected chi connectivity index (χ3v) is 3.81. The number of rotatable bonds is 7.